The Morgan fingerprint density at radius 3 is 1.43 bits per heavy atom. The highest BCUT2D eigenvalue weighted by atomic mass is 16.3. The summed E-state index contributed by atoms with van der Waals surface area (Å²) in [5.41, 5.74) is -5.25. The van der Waals surface area contributed by atoms with E-state index in [4.69, 9.17) is 34.9 Å². The van der Waals surface area contributed by atoms with Gasteiger partial charge < -0.3 is 8.83 Å². The van der Waals surface area contributed by atoms with Gasteiger partial charge in [-0.05, 0) is 50.8 Å². The number of furan rings is 2. The Kier molecular flexibility index (Phi) is 2.08. The summed E-state index contributed by atoms with van der Waals surface area (Å²) >= 11 is 0. The molecule has 2 nitrogen and oxygen atoms in total. The summed E-state index contributed by atoms with van der Waals surface area (Å²) in [4.78, 5) is 0. The maximum absolute atomic E-state index is 9.51. The van der Waals surface area contributed by atoms with Crippen molar-refractivity contribution in [3.8, 4) is 33.6 Å². The van der Waals surface area contributed by atoms with Crippen LogP contribution in [-0.2, 0) is 0 Å². The molecule has 9 aromatic rings. The molecule has 2 heteroatoms. The Hall–Kier alpha value is -5.60. The van der Waals surface area contributed by atoms with Gasteiger partial charge in [-0.2, -0.15) is 0 Å². The summed E-state index contributed by atoms with van der Waals surface area (Å²) in [6, 6.07) is -21.6. The van der Waals surface area contributed by atoms with Gasteiger partial charge in [-0.25, -0.2) is 0 Å². The molecule has 0 spiro atoms. The van der Waals surface area contributed by atoms with E-state index in [0.717, 1.165) is 0 Å². The number of hydrogen-bond donors (Lipinski definition) is 0. The molecule has 0 fully saturated rings. The van der Waals surface area contributed by atoms with Crippen LogP contribution in [0.25, 0.3) is 88.0 Å². The van der Waals surface area contributed by atoms with E-state index >= 15 is 0 Å². The van der Waals surface area contributed by atoms with E-state index in [1.54, 1.807) is 0 Å². The third-order valence-corrected chi connectivity index (χ3v) is 6.88. The molecule has 196 valence electrons. The second-order valence-electron chi connectivity index (χ2n) is 9.02. The lowest BCUT2D eigenvalue weighted by Crippen LogP contribution is -1.91. The van der Waals surface area contributed by atoms with E-state index in [1.165, 1.54) is 0 Å². The van der Waals surface area contributed by atoms with Crippen molar-refractivity contribution in [2.75, 3.05) is 0 Å². The number of benzene rings is 7. The first kappa shape index (κ1) is 9.75. The van der Waals surface area contributed by atoms with Crippen molar-refractivity contribution in [2.45, 2.75) is 0 Å². The average molecular weight is 561 g/mol. The summed E-state index contributed by atoms with van der Waals surface area (Å²) in [5.74, 6) is -0.796. The molecule has 0 amide bonds. The number of fused-ring (bicyclic) bond motifs is 7. The van der Waals surface area contributed by atoms with Crippen LogP contribution in [0.5, 0.6) is 0 Å². The minimum Gasteiger partial charge on any atom is -0.456 e. The quantitative estimate of drug-likeness (QED) is 0.201. The molecule has 0 saturated heterocycles. The zero-order valence-electron chi connectivity index (χ0n) is 44.8. The topological polar surface area (TPSA) is 26.3 Å². The summed E-state index contributed by atoms with van der Waals surface area (Å²) in [7, 11) is 0. The molecule has 0 aliphatic heterocycles. The summed E-state index contributed by atoms with van der Waals surface area (Å²) in [6.07, 6.45) is 0. The SMILES string of the molecule is [2H]c1c([2H])c([2H])c(-c2oc3c([2H])c([2H])c4oc5c([2H])c([2H])c([2H])c([2H])c5c4c3c2-c2c3c([2H])c([2H])c([2H])c([2H])c3c(-c3c([2H])c([2H])c([2H])c([2H])c3[2H])c3c([2H])c([2H])c([2H])c([2H])c23)c([2H])c1[2H]. The molecule has 2 heterocycles. The minimum atomic E-state index is -0.972. The van der Waals surface area contributed by atoms with Crippen LogP contribution in [0.3, 0.4) is 0 Å². The normalized spacial score (nSPS) is 19.8. The van der Waals surface area contributed by atoms with E-state index in [9.17, 15) is 6.85 Å². The van der Waals surface area contributed by atoms with E-state index in [0.29, 0.717) is 0 Å². The zero-order valence-corrected chi connectivity index (χ0v) is 20.8. The minimum absolute atomic E-state index is 0.414. The van der Waals surface area contributed by atoms with Crippen LogP contribution in [0.2, 0.25) is 0 Å². The average Bonchev–Trinajstić information content (AvgIpc) is 3.88. The molecule has 0 atom stereocenters. The third-order valence-electron chi connectivity index (χ3n) is 6.88. The summed E-state index contributed by atoms with van der Waals surface area (Å²) in [5, 5.41) is -4.10. The Bertz CT molecular complexity index is 3670. The summed E-state index contributed by atoms with van der Waals surface area (Å²) in [6.45, 7) is 0. The van der Waals surface area contributed by atoms with Crippen LogP contribution < -0.4 is 0 Å². The van der Waals surface area contributed by atoms with Gasteiger partial charge in [-0.1, -0.05) is 127 Å². The lowest BCUT2D eigenvalue weighted by molar-refractivity contribution is 0.632. The maximum Gasteiger partial charge on any atom is 0.143 e. The van der Waals surface area contributed by atoms with Gasteiger partial charge in [0.05, 0.1) is 32.9 Å². The van der Waals surface area contributed by atoms with E-state index in [-0.39, 0.29) is 0 Å². The van der Waals surface area contributed by atoms with Crippen molar-refractivity contribution in [3.05, 3.63) is 145 Å². The van der Waals surface area contributed by atoms with Crippen LogP contribution >= 0.6 is 0 Å². The maximum atomic E-state index is 9.51. The molecular formula is C40H24O2. The van der Waals surface area contributed by atoms with Crippen LogP contribution in [0.15, 0.2) is 154 Å². The predicted molar refractivity (Wildman–Crippen MR) is 175 cm³/mol. The first-order valence-corrected chi connectivity index (χ1v) is 12.3. The predicted octanol–water partition coefficient (Wildman–Crippen LogP) is 11.6. The second kappa shape index (κ2) is 8.95. The Balaban J connectivity index is 1.76. The first-order valence-electron chi connectivity index (χ1n) is 24.3. The molecule has 7 aromatic carbocycles. The van der Waals surface area contributed by atoms with Crippen molar-refractivity contribution in [2.24, 2.45) is 0 Å². The standard InChI is InChI=1S/C40H24O2/c1-3-13-25(14-4-1)35-27-17-7-9-19-29(27)36(30-20-10-8-18-28(30)35)39-38-34(42-40(39)26-15-5-2-6-16-26)24-23-33-37(38)31-21-11-12-22-32(31)41-33/h1-24H/i1D,2D,3D,4D,5D,6D,7D,8D,9D,10D,11D,12D,13D,14D,15D,16D,17D,18D,19D,20D,21D,22D,23D,24D. The van der Waals surface area contributed by atoms with E-state index in [2.05, 4.69) is 0 Å². The fourth-order valence-electron chi connectivity index (χ4n) is 5.30. The Labute approximate surface area is 275 Å². The number of para-hydroxylation sites is 1. The monoisotopic (exact) mass is 560 g/mol. The smallest absolute Gasteiger partial charge is 0.143 e. The highest BCUT2D eigenvalue weighted by Gasteiger charge is 2.26. The van der Waals surface area contributed by atoms with E-state index in [1.807, 2.05) is 0 Å². The van der Waals surface area contributed by atoms with Crippen LogP contribution in [0.4, 0.5) is 0 Å². The lowest BCUT2D eigenvalue weighted by atomic mass is 9.84. The molecule has 2 aromatic heterocycles. The van der Waals surface area contributed by atoms with Gasteiger partial charge >= 0.3 is 0 Å². The Morgan fingerprint density at radius 2 is 0.810 bits per heavy atom. The van der Waals surface area contributed by atoms with Gasteiger partial charge in [-0.15, -0.1) is 0 Å². The molecular weight excluding hydrogens is 512 g/mol. The van der Waals surface area contributed by atoms with Gasteiger partial charge in [0.2, 0.25) is 0 Å². The van der Waals surface area contributed by atoms with Crippen LogP contribution in [0.1, 0.15) is 32.9 Å². The van der Waals surface area contributed by atoms with Crippen molar-refractivity contribution < 1.29 is 41.7 Å². The molecule has 9 rings (SSSR count). The molecule has 0 radical (unpaired) electrons. The fourth-order valence-corrected chi connectivity index (χ4v) is 5.30. The molecule has 0 aliphatic rings. The summed E-state index contributed by atoms with van der Waals surface area (Å²) < 4.78 is 225. The third kappa shape index (κ3) is 3.27. The molecule has 0 N–H and O–H groups in total. The van der Waals surface area contributed by atoms with Gasteiger partial charge in [0.15, 0.2) is 0 Å². The number of hydrogen-bond acceptors (Lipinski definition) is 2. The fraction of sp³-hybridized carbons (Fsp3) is 0. The molecule has 42 heavy (non-hydrogen) atoms. The van der Waals surface area contributed by atoms with Gasteiger partial charge in [0.25, 0.3) is 0 Å². The highest BCUT2D eigenvalue weighted by Crippen LogP contribution is 2.51. The van der Waals surface area contributed by atoms with Gasteiger partial charge in [0.1, 0.15) is 22.5 Å². The molecule has 0 bridgehead atoms. The van der Waals surface area contributed by atoms with E-state index < -0.39 is 233 Å². The lowest BCUT2D eigenvalue weighted by Gasteiger charge is -2.18. The largest absolute Gasteiger partial charge is 0.456 e. The molecule has 0 saturated carbocycles. The van der Waals surface area contributed by atoms with Crippen LogP contribution in [0, 0.1) is 0 Å². The first-order chi connectivity index (χ1) is 30.8. The Morgan fingerprint density at radius 1 is 0.333 bits per heavy atom. The second-order valence-corrected chi connectivity index (χ2v) is 9.02. The van der Waals surface area contributed by atoms with Crippen LogP contribution in [-0.4, -0.2) is 0 Å². The van der Waals surface area contributed by atoms with Crippen molar-refractivity contribution >= 4 is 54.5 Å². The molecule has 0 unspecified atom stereocenters. The van der Waals surface area contributed by atoms with Crippen molar-refractivity contribution in [3.63, 3.8) is 0 Å². The van der Waals surface area contributed by atoms with Gasteiger partial charge in [0, 0.05) is 32.8 Å². The van der Waals surface area contributed by atoms with Gasteiger partial charge in [-0.3, -0.25) is 0 Å². The highest BCUT2D eigenvalue weighted by molar-refractivity contribution is 6.30. The van der Waals surface area contributed by atoms with Crippen molar-refractivity contribution in [1.29, 1.82) is 0 Å². The number of rotatable bonds is 3. The zero-order chi connectivity index (χ0) is 48.5. The van der Waals surface area contributed by atoms with Crippen molar-refractivity contribution in [1.82, 2.24) is 0 Å². The molecule has 0 aliphatic carbocycles.